The number of alkyl halides is 3. The number of nitrogens with zero attached hydrogens (tertiary/aromatic N) is 1. The molecule has 0 amide bonds. The normalized spacial score (nSPS) is 15.4. The Bertz CT molecular complexity index is 1140. The molecule has 1 aliphatic rings. The largest absolute Gasteiger partial charge is 0.478 e. The predicted molar refractivity (Wildman–Crippen MR) is 134 cm³/mol. The first-order valence-electron chi connectivity index (χ1n) is 12.4. The first-order chi connectivity index (χ1) is 17.0. The van der Waals surface area contributed by atoms with E-state index in [0.717, 1.165) is 36.8 Å². The lowest BCUT2D eigenvalue weighted by Crippen LogP contribution is -2.35. The number of aromatic carboxylic acids is 1. The van der Waals surface area contributed by atoms with Crippen LogP contribution in [0.5, 0.6) is 0 Å². The fourth-order valence-corrected chi connectivity index (χ4v) is 6.38. The summed E-state index contributed by atoms with van der Waals surface area (Å²) in [4.78, 5) is 11.9. The zero-order chi connectivity index (χ0) is 26.3. The van der Waals surface area contributed by atoms with Crippen LogP contribution in [0, 0.1) is 12.8 Å². The van der Waals surface area contributed by atoms with E-state index in [-0.39, 0.29) is 18.7 Å². The fraction of sp³-hybridized carbons (Fsp3) is 0.519. The molecule has 0 atom stereocenters. The van der Waals surface area contributed by atoms with Crippen LogP contribution in [0.4, 0.5) is 13.2 Å². The summed E-state index contributed by atoms with van der Waals surface area (Å²) >= 11 is 0. The number of hydrogen-bond donors (Lipinski definition) is 1. The molecule has 0 bridgehead atoms. The SMILES string of the molecule is Cc1ccccc1-c1cc(CN(CCC2CCCCC2)S(=O)(=O)CCCC(F)(F)F)ccc1C(=O)O. The summed E-state index contributed by atoms with van der Waals surface area (Å²) in [5.41, 5.74) is 2.81. The van der Waals surface area contributed by atoms with Gasteiger partial charge in [0, 0.05) is 19.5 Å². The summed E-state index contributed by atoms with van der Waals surface area (Å²) in [6, 6.07) is 12.1. The van der Waals surface area contributed by atoms with Gasteiger partial charge in [-0.1, -0.05) is 62.4 Å². The Morgan fingerprint density at radius 2 is 1.75 bits per heavy atom. The fourth-order valence-electron chi connectivity index (χ4n) is 4.88. The number of hydrogen-bond acceptors (Lipinski definition) is 3. The minimum Gasteiger partial charge on any atom is -0.478 e. The Morgan fingerprint density at radius 1 is 1.06 bits per heavy atom. The monoisotopic (exact) mass is 525 g/mol. The summed E-state index contributed by atoms with van der Waals surface area (Å²) < 4.78 is 65.5. The van der Waals surface area contributed by atoms with E-state index >= 15 is 0 Å². The molecule has 0 saturated heterocycles. The van der Waals surface area contributed by atoms with Crippen molar-refractivity contribution in [1.82, 2.24) is 4.31 Å². The summed E-state index contributed by atoms with van der Waals surface area (Å²) in [5.74, 6) is -1.26. The molecule has 5 nitrogen and oxygen atoms in total. The number of benzene rings is 2. The number of sulfonamides is 1. The molecule has 2 aromatic rings. The zero-order valence-electron chi connectivity index (χ0n) is 20.6. The summed E-state index contributed by atoms with van der Waals surface area (Å²) in [6.45, 7) is 2.09. The molecule has 0 spiro atoms. The van der Waals surface area contributed by atoms with E-state index in [9.17, 15) is 31.5 Å². The second-order valence-corrected chi connectivity index (χ2v) is 11.7. The number of halogens is 3. The molecule has 9 heteroatoms. The maximum Gasteiger partial charge on any atom is 0.389 e. The van der Waals surface area contributed by atoms with E-state index in [2.05, 4.69) is 0 Å². The van der Waals surface area contributed by atoms with Gasteiger partial charge in [0.25, 0.3) is 0 Å². The molecule has 36 heavy (non-hydrogen) atoms. The molecule has 1 fully saturated rings. The lowest BCUT2D eigenvalue weighted by atomic mass is 9.87. The highest BCUT2D eigenvalue weighted by Gasteiger charge is 2.30. The molecule has 0 radical (unpaired) electrons. The van der Waals surface area contributed by atoms with Gasteiger partial charge in [0.2, 0.25) is 10.0 Å². The van der Waals surface area contributed by atoms with Crippen molar-refractivity contribution in [2.45, 2.75) is 71.0 Å². The molecular formula is C27H34F3NO4S. The molecule has 0 aromatic heterocycles. The molecule has 1 saturated carbocycles. The van der Waals surface area contributed by atoms with E-state index in [1.54, 1.807) is 12.1 Å². The van der Waals surface area contributed by atoms with E-state index in [1.807, 2.05) is 31.2 Å². The van der Waals surface area contributed by atoms with Crippen LogP contribution in [-0.2, 0) is 16.6 Å². The molecule has 1 aliphatic carbocycles. The molecule has 0 aliphatic heterocycles. The summed E-state index contributed by atoms with van der Waals surface area (Å²) in [5, 5.41) is 9.71. The average Bonchev–Trinajstić information content (AvgIpc) is 2.81. The van der Waals surface area contributed by atoms with Crippen LogP contribution in [0.25, 0.3) is 11.1 Å². The third-order valence-electron chi connectivity index (χ3n) is 6.88. The van der Waals surface area contributed by atoms with Crippen LogP contribution >= 0.6 is 0 Å². The smallest absolute Gasteiger partial charge is 0.389 e. The topological polar surface area (TPSA) is 74.7 Å². The second kappa shape index (κ2) is 12.2. The van der Waals surface area contributed by atoms with Crippen molar-refractivity contribution in [1.29, 1.82) is 0 Å². The number of carboxylic acids is 1. The van der Waals surface area contributed by atoms with Crippen LogP contribution in [0.2, 0.25) is 0 Å². The van der Waals surface area contributed by atoms with E-state index in [0.29, 0.717) is 23.5 Å². The van der Waals surface area contributed by atoms with Crippen molar-refractivity contribution >= 4 is 16.0 Å². The van der Waals surface area contributed by atoms with Crippen molar-refractivity contribution in [3.63, 3.8) is 0 Å². The van der Waals surface area contributed by atoms with Gasteiger partial charge in [0.15, 0.2) is 0 Å². The number of aryl methyl sites for hydroxylation is 1. The van der Waals surface area contributed by atoms with E-state index in [1.165, 1.54) is 16.8 Å². The van der Waals surface area contributed by atoms with Gasteiger partial charge in [-0.2, -0.15) is 17.5 Å². The lowest BCUT2D eigenvalue weighted by Gasteiger charge is -2.27. The summed E-state index contributed by atoms with van der Waals surface area (Å²) in [7, 11) is -3.94. The quantitative estimate of drug-likeness (QED) is 0.350. The first kappa shape index (κ1) is 28.2. The van der Waals surface area contributed by atoms with Gasteiger partial charge in [-0.05, 0) is 60.1 Å². The van der Waals surface area contributed by atoms with Crippen molar-refractivity contribution in [3.05, 3.63) is 59.2 Å². The lowest BCUT2D eigenvalue weighted by molar-refractivity contribution is -0.134. The van der Waals surface area contributed by atoms with Crippen LogP contribution in [-0.4, -0.2) is 42.3 Å². The predicted octanol–water partition coefficient (Wildman–Crippen LogP) is 6.80. The molecule has 198 valence electrons. The van der Waals surface area contributed by atoms with Crippen LogP contribution < -0.4 is 0 Å². The van der Waals surface area contributed by atoms with Gasteiger partial charge in [-0.3, -0.25) is 0 Å². The van der Waals surface area contributed by atoms with Gasteiger partial charge in [0.05, 0.1) is 11.3 Å². The number of carbonyl (C=O) groups is 1. The molecule has 0 heterocycles. The second-order valence-electron chi connectivity index (χ2n) is 9.66. The minimum atomic E-state index is -4.41. The Labute approximate surface area is 211 Å². The van der Waals surface area contributed by atoms with Gasteiger partial charge in [-0.25, -0.2) is 13.2 Å². The third-order valence-corrected chi connectivity index (χ3v) is 8.78. The minimum absolute atomic E-state index is 0.0140. The highest BCUT2D eigenvalue weighted by atomic mass is 32.2. The average molecular weight is 526 g/mol. The third kappa shape index (κ3) is 8.06. The first-order valence-corrected chi connectivity index (χ1v) is 14.0. The van der Waals surface area contributed by atoms with E-state index in [4.69, 9.17) is 0 Å². The Morgan fingerprint density at radius 3 is 2.39 bits per heavy atom. The van der Waals surface area contributed by atoms with Crippen molar-refractivity contribution in [2.75, 3.05) is 12.3 Å². The van der Waals surface area contributed by atoms with Gasteiger partial charge in [0.1, 0.15) is 0 Å². The molecule has 1 N–H and O–H groups in total. The Kier molecular flexibility index (Phi) is 9.58. The number of rotatable bonds is 11. The van der Waals surface area contributed by atoms with Crippen molar-refractivity contribution in [2.24, 2.45) is 5.92 Å². The summed E-state index contributed by atoms with van der Waals surface area (Å²) in [6.07, 6.45) is 0.0887. The maximum absolute atomic E-state index is 13.1. The van der Waals surface area contributed by atoms with Crippen LogP contribution in [0.15, 0.2) is 42.5 Å². The zero-order valence-corrected chi connectivity index (χ0v) is 21.4. The molecule has 3 rings (SSSR count). The van der Waals surface area contributed by atoms with Crippen molar-refractivity contribution < 1.29 is 31.5 Å². The highest BCUT2D eigenvalue weighted by Crippen LogP contribution is 2.31. The van der Waals surface area contributed by atoms with E-state index < -0.39 is 40.8 Å². The maximum atomic E-state index is 13.1. The van der Waals surface area contributed by atoms with Crippen LogP contribution in [0.3, 0.4) is 0 Å². The molecular weight excluding hydrogens is 491 g/mol. The Hall–Kier alpha value is -2.39. The van der Waals surface area contributed by atoms with Gasteiger partial charge < -0.3 is 5.11 Å². The van der Waals surface area contributed by atoms with Gasteiger partial charge in [-0.15, -0.1) is 0 Å². The highest BCUT2D eigenvalue weighted by molar-refractivity contribution is 7.89. The van der Waals surface area contributed by atoms with Crippen molar-refractivity contribution in [3.8, 4) is 11.1 Å². The molecule has 0 unspecified atom stereocenters. The van der Waals surface area contributed by atoms with Gasteiger partial charge >= 0.3 is 12.1 Å². The standard InChI is InChI=1S/C27H34F3NO4S/c1-20-8-5-6-11-23(20)25-18-22(12-13-24(25)26(32)33)19-31(16-14-21-9-3-2-4-10-21)36(34,35)17-7-15-27(28,29)30/h5-6,8,11-13,18,21H,2-4,7,9-10,14-17,19H2,1H3,(H,32,33). The number of carboxylic acid groups (broad SMARTS) is 1. The van der Waals surface area contributed by atoms with Crippen LogP contribution in [0.1, 0.15) is 72.9 Å². The Balaban J connectivity index is 1.88. The molecule has 2 aromatic carbocycles.